The van der Waals surface area contributed by atoms with Crippen molar-refractivity contribution in [1.82, 2.24) is 15.0 Å². The van der Waals surface area contributed by atoms with Crippen molar-refractivity contribution >= 4 is 16.7 Å². The average Bonchev–Trinajstić information content (AvgIpc) is 2.71. The monoisotopic (exact) mass is 240 g/mol. The molecule has 18 heavy (non-hydrogen) atoms. The molecule has 0 saturated heterocycles. The van der Waals surface area contributed by atoms with Gasteiger partial charge in [-0.15, -0.1) is 0 Å². The van der Waals surface area contributed by atoms with Gasteiger partial charge in [-0.25, -0.2) is 4.98 Å². The Bertz CT molecular complexity index is 785. The van der Waals surface area contributed by atoms with Crippen molar-refractivity contribution in [3.63, 3.8) is 0 Å². The van der Waals surface area contributed by atoms with Crippen LogP contribution in [-0.2, 0) is 0 Å². The third-order valence-electron chi connectivity index (χ3n) is 2.82. The van der Waals surface area contributed by atoms with Crippen molar-refractivity contribution in [3.8, 4) is 11.4 Å². The van der Waals surface area contributed by atoms with Gasteiger partial charge in [-0.05, 0) is 25.1 Å². The molecule has 0 amide bonds. The van der Waals surface area contributed by atoms with Crippen LogP contribution in [0, 0.1) is 6.92 Å². The summed E-state index contributed by atoms with van der Waals surface area (Å²) in [7, 11) is 0. The minimum Gasteiger partial charge on any atom is -0.399 e. The SMILES string of the molecule is Cc1cc(=O)c(-c2nc3ccc(N)cc3[nH]2)c[nH]1. The number of aryl methyl sites for hydroxylation is 1. The molecule has 0 radical (unpaired) electrons. The Morgan fingerprint density at radius 3 is 2.89 bits per heavy atom. The highest BCUT2D eigenvalue weighted by Gasteiger charge is 2.08. The van der Waals surface area contributed by atoms with Gasteiger partial charge in [0.25, 0.3) is 0 Å². The first-order valence-corrected chi connectivity index (χ1v) is 5.58. The topological polar surface area (TPSA) is 87.6 Å². The number of hydrogen-bond donors (Lipinski definition) is 3. The van der Waals surface area contributed by atoms with E-state index in [0.717, 1.165) is 16.7 Å². The molecule has 5 heteroatoms. The molecule has 2 aromatic heterocycles. The zero-order chi connectivity index (χ0) is 12.7. The van der Waals surface area contributed by atoms with E-state index in [4.69, 9.17) is 5.73 Å². The number of imidazole rings is 1. The van der Waals surface area contributed by atoms with Crippen LogP contribution < -0.4 is 11.2 Å². The number of nitrogens with one attached hydrogen (secondary N) is 2. The molecule has 0 spiro atoms. The number of nitrogen functional groups attached to an aromatic ring is 1. The molecule has 0 bridgehead atoms. The molecule has 5 nitrogen and oxygen atoms in total. The highest BCUT2D eigenvalue weighted by atomic mass is 16.1. The maximum Gasteiger partial charge on any atom is 0.192 e. The number of H-pyrrole nitrogens is 2. The van der Waals surface area contributed by atoms with E-state index in [0.29, 0.717) is 17.1 Å². The lowest BCUT2D eigenvalue weighted by Crippen LogP contribution is -2.05. The Morgan fingerprint density at radius 2 is 2.11 bits per heavy atom. The third-order valence-corrected chi connectivity index (χ3v) is 2.82. The second-order valence-electron chi connectivity index (χ2n) is 4.26. The van der Waals surface area contributed by atoms with E-state index < -0.39 is 0 Å². The van der Waals surface area contributed by atoms with Crippen LogP contribution in [0.1, 0.15) is 5.69 Å². The summed E-state index contributed by atoms with van der Waals surface area (Å²) in [6.45, 7) is 1.84. The predicted octanol–water partition coefficient (Wildman–Crippen LogP) is 1.81. The molecule has 0 atom stereocenters. The van der Waals surface area contributed by atoms with Gasteiger partial charge < -0.3 is 15.7 Å². The highest BCUT2D eigenvalue weighted by molar-refractivity contribution is 5.82. The molecule has 0 aliphatic heterocycles. The standard InChI is InChI=1S/C13H12N4O/c1-7-4-12(18)9(6-15-7)13-16-10-3-2-8(14)5-11(10)17-13/h2-6H,14H2,1H3,(H,15,18)(H,16,17). The molecule has 0 unspecified atom stereocenters. The summed E-state index contributed by atoms with van der Waals surface area (Å²) in [5.41, 5.74) is 9.27. The molecule has 3 aromatic rings. The van der Waals surface area contributed by atoms with Gasteiger partial charge in [0.15, 0.2) is 5.43 Å². The lowest BCUT2D eigenvalue weighted by molar-refractivity contribution is 1.17. The predicted molar refractivity (Wildman–Crippen MR) is 71.3 cm³/mol. The lowest BCUT2D eigenvalue weighted by atomic mass is 10.2. The number of nitrogens with zero attached hydrogens (tertiary/aromatic N) is 1. The lowest BCUT2D eigenvalue weighted by Gasteiger charge is -1.96. The van der Waals surface area contributed by atoms with Gasteiger partial charge in [-0.2, -0.15) is 0 Å². The number of benzene rings is 1. The highest BCUT2D eigenvalue weighted by Crippen LogP contribution is 2.19. The molecule has 3 rings (SSSR count). The molecule has 2 heterocycles. The Labute approximate surface area is 103 Å². The van der Waals surface area contributed by atoms with Crippen LogP contribution in [0.25, 0.3) is 22.4 Å². The summed E-state index contributed by atoms with van der Waals surface area (Å²) in [4.78, 5) is 22.4. The van der Waals surface area contributed by atoms with Crippen LogP contribution >= 0.6 is 0 Å². The molecule has 1 aromatic carbocycles. The summed E-state index contributed by atoms with van der Waals surface area (Å²) in [5, 5.41) is 0. The van der Waals surface area contributed by atoms with Gasteiger partial charge in [0.1, 0.15) is 5.82 Å². The van der Waals surface area contributed by atoms with Gasteiger partial charge in [0, 0.05) is 23.6 Å². The first-order valence-electron chi connectivity index (χ1n) is 5.58. The van der Waals surface area contributed by atoms with E-state index >= 15 is 0 Å². The van der Waals surface area contributed by atoms with Crippen molar-refractivity contribution in [2.45, 2.75) is 6.92 Å². The van der Waals surface area contributed by atoms with Crippen LogP contribution in [0.3, 0.4) is 0 Å². The number of aromatic amines is 2. The third kappa shape index (κ3) is 1.66. The second kappa shape index (κ2) is 3.73. The van der Waals surface area contributed by atoms with Crippen molar-refractivity contribution in [3.05, 3.63) is 46.4 Å². The van der Waals surface area contributed by atoms with Crippen LogP contribution in [0.15, 0.2) is 35.3 Å². The Kier molecular flexibility index (Phi) is 2.19. The summed E-state index contributed by atoms with van der Waals surface area (Å²) in [5.74, 6) is 0.553. The Balaban J connectivity index is 2.22. The van der Waals surface area contributed by atoms with Crippen molar-refractivity contribution in [1.29, 1.82) is 0 Å². The molecule has 0 saturated carbocycles. The van der Waals surface area contributed by atoms with Crippen LogP contribution in [0.4, 0.5) is 5.69 Å². The molecule has 0 fully saturated rings. The molecular formula is C13H12N4O. The van der Waals surface area contributed by atoms with E-state index in [2.05, 4.69) is 15.0 Å². The molecule has 4 N–H and O–H groups in total. The second-order valence-corrected chi connectivity index (χ2v) is 4.26. The normalized spacial score (nSPS) is 10.9. The number of hydrogen-bond acceptors (Lipinski definition) is 3. The van der Waals surface area contributed by atoms with Gasteiger partial charge >= 0.3 is 0 Å². The summed E-state index contributed by atoms with van der Waals surface area (Å²) in [6, 6.07) is 6.96. The summed E-state index contributed by atoms with van der Waals surface area (Å²) in [6.07, 6.45) is 1.67. The van der Waals surface area contributed by atoms with E-state index in [1.807, 2.05) is 13.0 Å². The number of nitrogens with two attached hydrogens (primary N) is 1. The minimum absolute atomic E-state index is 0.0571. The molecular weight excluding hydrogens is 228 g/mol. The first kappa shape index (κ1) is 10.6. The van der Waals surface area contributed by atoms with Gasteiger partial charge in [-0.3, -0.25) is 4.79 Å². The minimum atomic E-state index is -0.0571. The van der Waals surface area contributed by atoms with Crippen molar-refractivity contribution in [2.75, 3.05) is 5.73 Å². The van der Waals surface area contributed by atoms with E-state index in [9.17, 15) is 4.79 Å². The Morgan fingerprint density at radius 1 is 1.28 bits per heavy atom. The number of aromatic nitrogens is 3. The Hall–Kier alpha value is -2.56. The summed E-state index contributed by atoms with van der Waals surface area (Å²) < 4.78 is 0. The van der Waals surface area contributed by atoms with Crippen molar-refractivity contribution in [2.24, 2.45) is 0 Å². The largest absolute Gasteiger partial charge is 0.399 e. The maximum absolute atomic E-state index is 11.9. The number of fused-ring (bicyclic) bond motifs is 1. The number of pyridine rings is 1. The van der Waals surface area contributed by atoms with Gasteiger partial charge in [0.05, 0.1) is 16.6 Å². The van der Waals surface area contributed by atoms with Crippen LogP contribution in [0.2, 0.25) is 0 Å². The number of rotatable bonds is 1. The molecule has 90 valence electrons. The van der Waals surface area contributed by atoms with Gasteiger partial charge in [0.2, 0.25) is 0 Å². The van der Waals surface area contributed by atoms with Gasteiger partial charge in [-0.1, -0.05) is 0 Å². The van der Waals surface area contributed by atoms with Crippen molar-refractivity contribution < 1.29 is 0 Å². The zero-order valence-corrected chi connectivity index (χ0v) is 9.82. The average molecular weight is 240 g/mol. The molecule has 0 aliphatic carbocycles. The quantitative estimate of drug-likeness (QED) is 0.567. The van der Waals surface area contributed by atoms with Crippen LogP contribution in [-0.4, -0.2) is 15.0 Å². The fourth-order valence-electron chi connectivity index (χ4n) is 1.91. The first-order chi connectivity index (χ1) is 8.63. The van der Waals surface area contributed by atoms with Crippen LogP contribution in [0.5, 0.6) is 0 Å². The fourth-order valence-corrected chi connectivity index (χ4v) is 1.91. The van der Waals surface area contributed by atoms with E-state index in [1.165, 1.54) is 0 Å². The molecule has 0 aliphatic rings. The number of anilines is 1. The smallest absolute Gasteiger partial charge is 0.192 e. The zero-order valence-electron chi connectivity index (χ0n) is 9.82. The van der Waals surface area contributed by atoms with E-state index in [-0.39, 0.29) is 5.43 Å². The van der Waals surface area contributed by atoms with E-state index in [1.54, 1.807) is 24.4 Å². The fraction of sp³-hybridized carbons (Fsp3) is 0.0769. The summed E-state index contributed by atoms with van der Waals surface area (Å²) >= 11 is 0. The maximum atomic E-state index is 11.9.